The third-order valence-corrected chi connectivity index (χ3v) is 5.59. The molecule has 0 aliphatic heterocycles. The molecule has 2 heterocycles. The number of aromatic nitrogens is 3. The molecule has 0 aliphatic carbocycles. The molecule has 0 bridgehead atoms. The molecule has 0 unspecified atom stereocenters. The van der Waals surface area contributed by atoms with Crippen LogP contribution in [0.25, 0.3) is 32.9 Å². The fourth-order valence-electron chi connectivity index (χ4n) is 3.99. The zero-order valence-corrected chi connectivity index (χ0v) is 18.3. The van der Waals surface area contributed by atoms with Gasteiger partial charge < -0.3 is 19.8 Å². The van der Waals surface area contributed by atoms with Gasteiger partial charge in [-0.15, -0.1) is 0 Å². The topological polar surface area (TPSA) is 72.1 Å². The Morgan fingerprint density at radius 2 is 1.69 bits per heavy atom. The molecule has 6 heteroatoms. The summed E-state index contributed by atoms with van der Waals surface area (Å²) in [6.07, 6.45) is 1.97. The van der Waals surface area contributed by atoms with Crippen LogP contribution in [0, 0.1) is 6.92 Å². The summed E-state index contributed by atoms with van der Waals surface area (Å²) in [5.74, 6) is 2.77. The van der Waals surface area contributed by atoms with Crippen LogP contribution in [0.3, 0.4) is 0 Å². The lowest BCUT2D eigenvalue weighted by atomic mass is 10.0. The quantitative estimate of drug-likeness (QED) is 0.365. The average Bonchev–Trinajstić information content (AvgIpc) is 3.29. The van der Waals surface area contributed by atoms with Crippen molar-refractivity contribution in [2.24, 2.45) is 0 Å². The minimum Gasteiger partial charge on any atom is -0.493 e. The molecule has 0 amide bonds. The first-order valence-corrected chi connectivity index (χ1v) is 10.5. The molecule has 160 valence electrons. The van der Waals surface area contributed by atoms with Crippen LogP contribution in [-0.2, 0) is 6.54 Å². The maximum Gasteiger partial charge on any atom is 0.162 e. The van der Waals surface area contributed by atoms with Gasteiger partial charge in [0.2, 0.25) is 0 Å². The predicted octanol–water partition coefficient (Wildman–Crippen LogP) is 5.72. The second kappa shape index (κ2) is 8.23. The number of ether oxygens (including phenoxy) is 2. The van der Waals surface area contributed by atoms with E-state index >= 15 is 0 Å². The predicted molar refractivity (Wildman–Crippen MR) is 128 cm³/mol. The number of methoxy groups -OCH3 is 2. The number of anilines is 1. The number of fused-ring (bicyclic) bond motifs is 2. The largest absolute Gasteiger partial charge is 0.493 e. The van der Waals surface area contributed by atoms with Crippen molar-refractivity contribution in [2.45, 2.75) is 13.5 Å². The highest BCUT2D eigenvalue weighted by molar-refractivity contribution is 5.92. The van der Waals surface area contributed by atoms with Crippen molar-refractivity contribution in [3.63, 3.8) is 0 Å². The van der Waals surface area contributed by atoms with Gasteiger partial charge >= 0.3 is 0 Å². The first kappa shape index (κ1) is 19.9. The zero-order valence-electron chi connectivity index (χ0n) is 18.3. The molecule has 0 aliphatic rings. The Kier molecular flexibility index (Phi) is 5.11. The van der Waals surface area contributed by atoms with Gasteiger partial charge in [-0.05, 0) is 59.3 Å². The molecule has 0 saturated carbocycles. The smallest absolute Gasteiger partial charge is 0.162 e. The van der Waals surface area contributed by atoms with E-state index in [9.17, 15) is 0 Å². The van der Waals surface area contributed by atoms with Gasteiger partial charge in [0.15, 0.2) is 11.5 Å². The van der Waals surface area contributed by atoms with Crippen LogP contribution in [-0.4, -0.2) is 29.2 Å². The van der Waals surface area contributed by atoms with Gasteiger partial charge in [-0.25, -0.2) is 9.97 Å². The molecule has 0 atom stereocenters. The lowest BCUT2D eigenvalue weighted by Crippen LogP contribution is -2.05. The summed E-state index contributed by atoms with van der Waals surface area (Å²) in [4.78, 5) is 12.4. The number of hydrogen-bond donors (Lipinski definition) is 2. The molecule has 2 N–H and O–H groups in total. The molecule has 0 spiro atoms. The molecule has 3 aromatic carbocycles. The summed E-state index contributed by atoms with van der Waals surface area (Å²) in [7, 11) is 3.25. The van der Waals surface area contributed by atoms with Crippen LogP contribution in [0.5, 0.6) is 11.5 Å². The molecule has 6 nitrogen and oxygen atoms in total. The second-order valence-corrected chi connectivity index (χ2v) is 7.68. The monoisotopic (exact) mass is 424 g/mol. The van der Waals surface area contributed by atoms with Crippen LogP contribution >= 0.6 is 0 Å². The summed E-state index contributed by atoms with van der Waals surface area (Å²) in [6.45, 7) is 2.53. The number of aryl methyl sites for hydroxylation is 1. The molecular formula is C26H24N4O2. The Hall–Kier alpha value is -4.06. The van der Waals surface area contributed by atoms with Crippen molar-refractivity contribution in [3.8, 4) is 22.6 Å². The van der Waals surface area contributed by atoms with E-state index in [1.165, 1.54) is 22.1 Å². The van der Waals surface area contributed by atoms with Crippen LogP contribution in [0.15, 0.2) is 66.9 Å². The Labute approximate surface area is 186 Å². The highest BCUT2D eigenvalue weighted by Gasteiger charge is 2.12. The summed E-state index contributed by atoms with van der Waals surface area (Å²) in [5, 5.41) is 5.58. The van der Waals surface area contributed by atoms with Gasteiger partial charge in [0.1, 0.15) is 11.6 Å². The molecular weight excluding hydrogens is 400 g/mol. The number of benzene rings is 3. The van der Waals surface area contributed by atoms with E-state index in [2.05, 4.69) is 68.8 Å². The van der Waals surface area contributed by atoms with Crippen LogP contribution < -0.4 is 14.8 Å². The Balaban J connectivity index is 1.45. The molecule has 5 aromatic rings. The normalized spacial score (nSPS) is 11.1. The number of rotatable bonds is 6. The zero-order chi connectivity index (χ0) is 22.1. The van der Waals surface area contributed by atoms with Gasteiger partial charge in [0.25, 0.3) is 0 Å². The summed E-state index contributed by atoms with van der Waals surface area (Å²) in [5.41, 5.74) is 5.50. The van der Waals surface area contributed by atoms with E-state index < -0.39 is 0 Å². The molecule has 0 radical (unpaired) electrons. The van der Waals surface area contributed by atoms with Crippen molar-refractivity contribution in [1.29, 1.82) is 0 Å². The fourth-order valence-corrected chi connectivity index (χ4v) is 3.99. The SMILES string of the molecule is COc1cc2nc(C)nc(NCc3cccc(-c4ccc5[nH]ccc5c4)c3)c2cc1OC. The van der Waals surface area contributed by atoms with E-state index in [0.717, 1.165) is 22.2 Å². The standard InChI is InChI=1S/C26H24N4O2/c1-16-29-23-14-25(32-3)24(31-2)13-21(23)26(30-16)28-15-17-5-4-6-18(11-17)19-7-8-22-20(12-19)9-10-27-22/h4-14,27H,15H2,1-3H3,(H,28,29,30). The third-order valence-electron chi connectivity index (χ3n) is 5.59. The lowest BCUT2D eigenvalue weighted by Gasteiger charge is -2.13. The van der Waals surface area contributed by atoms with Gasteiger partial charge in [0, 0.05) is 29.7 Å². The highest BCUT2D eigenvalue weighted by atomic mass is 16.5. The highest BCUT2D eigenvalue weighted by Crippen LogP contribution is 2.34. The van der Waals surface area contributed by atoms with Crippen molar-refractivity contribution in [1.82, 2.24) is 15.0 Å². The first-order valence-electron chi connectivity index (χ1n) is 10.5. The molecule has 0 fully saturated rings. The molecule has 0 saturated heterocycles. The van der Waals surface area contributed by atoms with Gasteiger partial charge in [-0.3, -0.25) is 0 Å². The first-order chi connectivity index (χ1) is 15.6. The number of H-pyrrole nitrogens is 1. The Morgan fingerprint density at radius 3 is 2.53 bits per heavy atom. The van der Waals surface area contributed by atoms with Crippen molar-refractivity contribution in [3.05, 3.63) is 78.2 Å². The molecule has 2 aromatic heterocycles. The van der Waals surface area contributed by atoms with Crippen LogP contribution in [0.2, 0.25) is 0 Å². The van der Waals surface area contributed by atoms with Gasteiger partial charge in [-0.2, -0.15) is 0 Å². The molecule has 5 rings (SSSR count). The van der Waals surface area contributed by atoms with Crippen molar-refractivity contribution < 1.29 is 9.47 Å². The average molecular weight is 425 g/mol. The molecule has 32 heavy (non-hydrogen) atoms. The van der Waals surface area contributed by atoms with E-state index in [1.807, 2.05) is 25.3 Å². The van der Waals surface area contributed by atoms with Crippen LogP contribution in [0.4, 0.5) is 5.82 Å². The lowest BCUT2D eigenvalue weighted by molar-refractivity contribution is 0.356. The number of aromatic amines is 1. The summed E-state index contributed by atoms with van der Waals surface area (Å²) in [6, 6.07) is 20.9. The fraction of sp³-hybridized carbons (Fsp3) is 0.154. The van der Waals surface area contributed by atoms with Crippen molar-refractivity contribution in [2.75, 3.05) is 19.5 Å². The van der Waals surface area contributed by atoms with Crippen LogP contribution in [0.1, 0.15) is 11.4 Å². The second-order valence-electron chi connectivity index (χ2n) is 7.68. The maximum absolute atomic E-state index is 5.47. The summed E-state index contributed by atoms with van der Waals surface area (Å²) < 4.78 is 10.9. The van der Waals surface area contributed by atoms with Gasteiger partial charge in [-0.1, -0.05) is 24.3 Å². The van der Waals surface area contributed by atoms with E-state index in [-0.39, 0.29) is 0 Å². The third kappa shape index (κ3) is 3.71. The maximum atomic E-state index is 5.47. The van der Waals surface area contributed by atoms with Crippen molar-refractivity contribution >= 4 is 27.6 Å². The Bertz CT molecular complexity index is 1420. The minimum absolute atomic E-state index is 0.639. The number of nitrogens with one attached hydrogen (secondary N) is 2. The number of hydrogen-bond acceptors (Lipinski definition) is 5. The summed E-state index contributed by atoms with van der Waals surface area (Å²) >= 11 is 0. The van der Waals surface area contributed by atoms with Gasteiger partial charge in [0.05, 0.1) is 19.7 Å². The number of nitrogens with zero attached hydrogens (tertiary/aromatic N) is 2. The van der Waals surface area contributed by atoms with E-state index in [1.54, 1.807) is 14.2 Å². The minimum atomic E-state index is 0.639. The van der Waals surface area contributed by atoms with E-state index in [4.69, 9.17) is 9.47 Å². The Morgan fingerprint density at radius 1 is 0.875 bits per heavy atom. The van der Waals surface area contributed by atoms with E-state index in [0.29, 0.717) is 23.9 Å².